The van der Waals surface area contributed by atoms with E-state index in [4.69, 9.17) is 0 Å². The predicted octanol–water partition coefficient (Wildman–Crippen LogP) is 2.65. The van der Waals surface area contributed by atoms with Crippen molar-refractivity contribution in [3.63, 3.8) is 0 Å². The maximum absolute atomic E-state index is 12.0. The summed E-state index contributed by atoms with van der Waals surface area (Å²) in [5.74, 6) is 0.396. The van der Waals surface area contributed by atoms with E-state index in [9.17, 15) is 4.79 Å². The van der Waals surface area contributed by atoms with Crippen LogP contribution in [0, 0.1) is 5.92 Å². The van der Waals surface area contributed by atoms with Crippen molar-refractivity contribution in [2.24, 2.45) is 5.92 Å². The van der Waals surface area contributed by atoms with Crippen molar-refractivity contribution in [3.05, 3.63) is 48.5 Å². The van der Waals surface area contributed by atoms with Gasteiger partial charge in [0.25, 0.3) is 5.91 Å². The molecule has 0 bridgehead atoms. The van der Waals surface area contributed by atoms with Gasteiger partial charge in [-0.3, -0.25) is 4.79 Å². The molecule has 1 unspecified atom stereocenters. The van der Waals surface area contributed by atoms with Crippen LogP contribution < -0.4 is 5.32 Å². The monoisotopic (exact) mass is 257 g/mol. The van der Waals surface area contributed by atoms with Gasteiger partial charge in [-0.2, -0.15) is 0 Å². The van der Waals surface area contributed by atoms with E-state index in [0.717, 1.165) is 5.69 Å². The van der Waals surface area contributed by atoms with Crippen LogP contribution >= 0.6 is 0 Å². The first kappa shape index (κ1) is 13.3. The van der Waals surface area contributed by atoms with Gasteiger partial charge in [0.05, 0.1) is 6.33 Å². The Hall–Kier alpha value is -2.10. The zero-order valence-corrected chi connectivity index (χ0v) is 11.5. The number of benzene rings is 1. The molecule has 1 aromatic carbocycles. The van der Waals surface area contributed by atoms with E-state index in [1.165, 1.54) is 0 Å². The third-order valence-electron chi connectivity index (χ3n) is 3.29. The minimum Gasteiger partial charge on any atom is -0.349 e. The lowest BCUT2D eigenvalue weighted by molar-refractivity contribution is 0.0930. The molecule has 1 N–H and O–H groups in total. The highest BCUT2D eigenvalue weighted by atomic mass is 16.1. The van der Waals surface area contributed by atoms with Gasteiger partial charge in [0.2, 0.25) is 0 Å². The van der Waals surface area contributed by atoms with Crippen LogP contribution in [-0.4, -0.2) is 21.5 Å². The zero-order valence-electron chi connectivity index (χ0n) is 11.5. The summed E-state index contributed by atoms with van der Waals surface area (Å²) in [7, 11) is 0. The Morgan fingerprint density at radius 1 is 1.21 bits per heavy atom. The van der Waals surface area contributed by atoms with E-state index < -0.39 is 0 Å². The van der Waals surface area contributed by atoms with Crippen molar-refractivity contribution in [3.8, 4) is 5.69 Å². The summed E-state index contributed by atoms with van der Waals surface area (Å²) < 4.78 is 1.90. The lowest BCUT2D eigenvalue weighted by atomic mass is 10.1. The molecule has 0 radical (unpaired) electrons. The number of nitrogens with one attached hydrogen (secondary N) is 1. The predicted molar refractivity (Wildman–Crippen MR) is 75.3 cm³/mol. The summed E-state index contributed by atoms with van der Waals surface area (Å²) in [6.45, 7) is 6.20. The second-order valence-electron chi connectivity index (χ2n) is 5.02. The van der Waals surface area contributed by atoms with E-state index >= 15 is 0 Å². The van der Waals surface area contributed by atoms with Crippen LogP contribution in [0.4, 0.5) is 0 Å². The number of hydrogen-bond donors (Lipinski definition) is 1. The van der Waals surface area contributed by atoms with E-state index in [1.807, 2.05) is 42.0 Å². The van der Waals surface area contributed by atoms with Crippen molar-refractivity contribution >= 4 is 5.91 Å². The summed E-state index contributed by atoms with van der Waals surface area (Å²) in [6.07, 6.45) is 5.33. The van der Waals surface area contributed by atoms with E-state index in [2.05, 4.69) is 24.1 Å². The minimum atomic E-state index is -0.0293. The van der Waals surface area contributed by atoms with Crippen molar-refractivity contribution in [2.75, 3.05) is 0 Å². The number of aromatic nitrogens is 2. The quantitative estimate of drug-likeness (QED) is 0.915. The van der Waals surface area contributed by atoms with Gasteiger partial charge < -0.3 is 9.88 Å². The standard InChI is InChI=1S/C15H19N3O/c1-11(2)12(3)17-15(19)13-4-6-14(7-5-13)18-9-8-16-10-18/h4-12H,1-3H3,(H,17,19). The molecule has 1 amide bonds. The highest BCUT2D eigenvalue weighted by Gasteiger charge is 2.12. The Morgan fingerprint density at radius 2 is 1.89 bits per heavy atom. The highest BCUT2D eigenvalue weighted by Crippen LogP contribution is 2.10. The number of amides is 1. The van der Waals surface area contributed by atoms with Crippen LogP contribution in [0.5, 0.6) is 0 Å². The number of carbonyl (C=O) groups is 1. The smallest absolute Gasteiger partial charge is 0.251 e. The number of hydrogen-bond acceptors (Lipinski definition) is 2. The molecule has 100 valence electrons. The first-order chi connectivity index (χ1) is 9.08. The molecule has 0 aliphatic carbocycles. The summed E-state index contributed by atoms with van der Waals surface area (Å²) in [6, 6.07) is 7.66. The van der Waals surface area contributed by atoms with Gasteiger partial charge in [-0.05, 0) is 37.1 Å². The number of nitrogens with zero attached hydrogens (tertiary/aromatic N) is 2. The Labute approximate surface area is 113 Å². The summed E-state index contributed by atoms with van der Waals surface area (Å²) >= 11 is 0. The van der Waals surface area contributed by atoms with Gasteiger partial charge in [0.1, 0.15) is 0 Å². The van der Waals surface area contributed by atoms with Crippen LogP contribution in [0.2, 0.25) is 0 Å². The molecule has 19 heavy (non-hydrogen) atoms. The van der Waals surface area contributed by atoms with Gasteiger partial charge in [0.15, 0.2) is 0 Å². The van der Waals surface area contributed by atoms with Gasteiger partial charge >= 0.3 is 0 Å². The Kier molecular flexibility index (Phi) is 4.00. The SMILES string of the molecule is CC(C)C(C)NC(=O)c1ccc(-n2ccnc2)cc1. The molecule has 4 heteroatoms. The third-order valence-corrected chi connectivity index (χ3v) is 3.29. The molecule has 2 aromatic rings. The second kappa shape index (κ2) is 5.69. The summed E-state index contributed by atoms with van der Waals surface area (Å²) in [5, 5.41) is 2.99. The lowest BCUT2D eigenvalue weighted by Crippen LogP contribution is -2.36. The van der Waals surface area contributed by atoms with Crippen molar-refractivity contribution in [1.29, 1.82) is 0 Å². The maximum Gasteiger partial charge on any atom is 0.251 e. The molecule has 1 heterocycles. The van der Waals surface area contributed by atoms with Crippen LogP contribution in [0.15, 0.2) is 43.0 Å². The molecule has 0 spiro atoms. The highest BCUT2D eigenvalue weighted by molar-refractivity contribution is 5.94. The first-order valence-corrected chi connectivity index (χ1v) is 6.47. The number of rotatable bonds is 4. The molecular formula is C15H19N3O. The average molecular weight is 257 g/mol. The van der Waals surface area contributed by atoms with Crippen LogP contribution in [0.25, 0.3) is 5.69 Å². The van der Waals surface area contributed by atoms with Crippen molar-refractivity contribution < 1.29 is 4.79 Å². The van der Waals surface area contributed by atoms with Gasteiger partial charge in [-0.1, -0.05) is 13.8 Å². The Bertz CT molecular complexity index is 529. The fourth-order valence-corrected chi connectivity index (χ4v) is 1.65. The Balaban J connectivity index is 2.08. The molecule has 1 atom stereocenters. The molecule has 1 aromatic heterocycles. The van der Waals surface area contributed by atoms with E-state index in [1.54, 1.807) is 12.5 Å². The lowest BCUT2D eigenvalue weighted by Gasteiger charge is -2.17. The van der Waals surface area contributed by atoms with Gasteiger partial charge in [-0.25, -0.2) is 4.98 Å². The summed E-state index contributed by atoms with van der Waals surface area (Å²) in [4.78, 5) is 16.0. The molecule has 0 fully saturated rings. The van der Waals surface area contributed by atoms with Crippen molar-refractivity contribution in [2.45, 2.75) is 26.8 Å². The minimum absolute atomic E-state index is 0.0293. The van der Waals surface area contributed by atoms with E-state index in [-0.39, 0.29) is 11.9 Å². The summed E-state index contributed by atoms with van der Waals surface area (Å²) in [5.41, 5.74) is 1.67. The maximum atomic E-state index is 12.0. The van der Waals surface area contributed by atoms with Gasteiger partial charge in [0, 0.05) is 29.7 Å². The van der Waals surface area contributed by atoms with Crippen molar-refractivity contribution in [1.82, 2.24) is 14.9 Å². The zero-order chi connectivity index (χ0) is 13.8. The molecule has 2 rings (SSSR count). The molecule has 0 aliphatic heterocycles. The molecular weight excluding hydrogens is 238 g/mol. The van der Waals surface area contributed by atoms with Gasteiger partial charge in [-0.15, -0.1) is 0 Å². The fraction of sp³-hybridized carbons (Fsp3) is 0.333. The fourth-order valence-electron chi connectivity index (χ4n) is 1.65. The van der Waals surface area contributed by atoms with Crippen LogP contribution in [-0.2, 0) is 0 Å². The largest absolute Gasteiger partial charge is 0.349 e. The number of carbonyl (C=O) groups excluding carboxylic acids is 1. The number of imidazole rings is 1. The average Bonchev–Trinajstić information content (AvgIpc) is 2.92. The van der Waals surface area contributed by atoms with Crippen LogP contribution in [0.1, 0.15) is 31.1 Å². The molecule has 0 saturated carbocycles. The normalized spacial score (nSPS) is 12.4. The van der Waals surface area contributed by atoms with Crippen LogP contribution in [0.3, 0.4) is 0 Å². The first-order valence-electron chi connectivity index (χ1n) is 6.47. The molecule has 4 nitrogen and oxygen atoms in total. The third kappa shape index (κ3) is 3.22. The van der Waals surface area contributed by atoms with E-state index in [0.29, 0.717) is 11.5 Å². The Morgan fingerprint density at radius 3 is 2.42 bits per heavy atom. The molecule has 0 saturated heterocycles. The second-order valence-corrected chi connectivity index (χ2v) is 5.02. The topological polar surface area (TPSA) is 46.9 Å². The molecule has 0 aliphatic rings.